The molecular weight excluding hydrogens is 282 g/mol. The number of carbonyl (C=O) groups excluding carboxylic acids is 1. The van der Waals surface area contributed by atoms with Gasteiger partial charge >= 0.3 is 0 Å². The van der Waals surface area contributed by atoms with Gasteiger partial charge < -0.3 is 4.90 Å². The molecule has 0 aliphatic rings. The second kappa shape index (κ2) is 5.21. The first-order chi connectivity index (χ1) is 7.83. The molecule has 0 aliphatic carbocycles. The van der Waals surface area contributed by atoms with E-state index in [4.69, 9.17) is 0 Å². The van der Waals surface area contributed by atoms with Crippen molar-refractivity contribution in [2.75, 3.05) is 12.4 Å². The van der Waals surface area contributed by atoms with Crippen molar-refractivity contribution >= 4 is 21.8 Å². The Balaban J connectivity index is 3.00. The van der Waals surface area contributed by atoms with E-state index in [-0.39, 0.29) is 11.4 Å². The van der Waals surface area contributed by atoms with E-state index in [1.807, 2.05) is 33.9 Å². The molecule has 0 N–H and O–H groups in total. The fourth-order valence-corrected chi connectivity index (χ4v) is 1.81. The first kappa shape index (κ1) is 14.2. The van der Waals surface area contributed by atoms with Gasteiger partial charge in [-0.25, -0.2) is 0 Å². The van der Waals surface area contributed by atoms with Crippen molar-refractivity contribution in [1.29, 1.82) is 0 Å². The summed E-state index contributed by atoms with van der Waals surface area (Å²) < 4.78 is 1.65. The zero-order chi connectivity index (χ0) is 13.2. The van der Waals surface area contributed by atoms with Crippen LogP contribution in [0.15, 0.2) is 6.07 Å². The number of halogens is 1. The topological polar surface area (TPSA) is 38.1 Å². The molecule has 0 aromatic carbocycles. The second-order valence-corrected chi connectivity index (χ2v) is 5.37. The summed E-state index contributed by atoms with van der Waals surface area (Å²) >= 11 is 3.43. The highest BCUT2D eigenvalue weighted by Crippen LogP contribution is 2.18. The number of hydrogen-bond donors (Lipinski definition) is 0. The van der Waals surface area contributed by atoms with Crippen LogP contribution in [0.5, 0.6) is 0 Å². The van der Waals surface area contributed by atoms with Gasteiger partial charge in [0, 0.05) is 25.0 Å². The maximum absolute atomic E-state index is 12.3. The lowest BCUT2D eigenvalue weighted by Gasteiger charge is -2.33. The van der Waals surface area contributed by atoms with Gasteiger partial charge in [0.2, 0.25) is 0 Å². The van der Waals surface area contributed by atoms with Crippen LogP contribution >= 0.6 is 15.9 Å². The predicted octanol–water partition coefficient (Wildman–Crippen LogP) is 2.23. The van der Waals surface area contributed by atoms with Gasteiger partial charge in [0.25, 0.3) is 5.91 Å². The highest BCUT2D eigenvalue weighted by atomic mass is 79.9. The number of nitrogens with zero attached hydrogens (tertiary/aromatic N) is 3. The Morgan fingerprint density at radius 1 is 1.59 bits per heavy atom. The number of aryl methyl sites for hydroxylation is 2. The molecule has 5 heteroatoms. The summed E-state index contributed by atoms with van der Waals surface area (Å²) in [5.41, 5.74) is 1.37. The van der Waals surface area contributed by atoms with Crippen molar-refractivity contribution in [2.24, 2.45) is 7.05 Å². The molecule has 0 saturated heterocycles. The molecule has 0 aliphatic heterocycles. The van der Waals surface area contributed by atoms with Crippen LogP contribution in [0.2, 0.25) is 0 Å². The predicted molar refractivity (Wildman–Crippen MR) is 72.6 cm³/mol. The van der Waals surface area contributed by atoms with Crippen molar-refractivity contribution in [3.05, 3.63) is 17.5 Å². The Kier molecular flexibility index (Phi) is 4.36. The third-order valence-electron chi connectivity index (χ3n) is 3.05. The van der Waals surface area contributed by atoms with Crippen LogP contribution < -0.4 is 0 Å². The summed E-state index contributed by atoms with van der Waals surface area (Å²) in [4.78, 5) is 14.1. The van der Waals surface area contributed by atoms with E-state index in [0.29, 0.717) is 5.69 Å². The van der Waals surface area contributed by atoms with Gasteiger partial charge in [0.15, 0.2) is 0 Å². The Labute approximate surface area is 111 Å². The van der Waals surface area contributed by atoms with Crippen LogP contribution in [0, 0.1) is 0 Å². The Morgan fingerprint density at radius 2 is 2.18 bits per heavy atom. The molecule has 4 nitrogen and oxygen atoms in total. The monoisotopic (exact) mass is 301 g/mol. The van der Waals surface area contributed by atoms with Crippen molar-refractivity contribution < 1.29 is 4.79 Å². The first-order valence-corrected chi connectivity index (χ1v) is 6.82. The molecule has 1 aromatic heterocycles. The molecule has 96 valence electrons. The highest BCUT2D eigenvalue weighted by molar-refractivity contribution is 9.09. The van der Waals surface area contributed by atoms with E-state index < -0.39 is 0 Å². The molecule has 0 atom stereocenters. The third kappa shape index (κ3) is 2.89. The molecule has 0 spiro atoms. The lowest BCUT2D eigenvalue weighted by atomic mass is 10.1. The minimum atomic E-state index is -0.215. The van der Waals surface area contributed by atoms with Gasteiger partial charge in [-0.1, -0.05) is 22.9 Å². The lowest BCUT2D eigenvalue weighted by molar-refractivity contribution is 0.0652. The van der Waals surface area contributed by atoms with Gasteiger partial charge in [-0.15, -0.1) is 0 Å². The summed E-state index contributed by atoms with van der Waals surface area (Å²) in [7, 11) is 3.63. The molecule has 0 unspecified atom stereocenters. The van der Waals surface area contributed by atoms with Gasteiger partial charge in [-0.2, -0.15) is 5.10 Å². The summed E-state index contributed by atoms with van der Waals surface area (Å²) in [6.07, 6.45) is 0.840. The average molecular weight is 302 g/mol. The maximum atomic E-state index is 12.3. The van der Waals surface area contributed by atoms with E-state index in [1.165, 1.54) is 0 Å². The number of rotatable bonds is 4. The molecule has 17 heavy (non-hydrogen) atoms. The SMILES string of the molecule is CCc1cc(C(=O)N(C)C(C)(C)CBr)n(C)n1. The minimum Gasteiger partial charge on any atom is -0.334 e. The quantitative estimate of drug-likeness (QED) is 0.800. The first-order valence-electron chi connectivity index (χ1n) is 5.70. The van der Waals surface area contributed by atoms with Crippen molar-refractivity contribution in [2.45, 2.75) is 32.7 Å². The van der Waals surface area contributed by atoms with Crippen LogP contribution in [-0.4, -0.2) is 38.5 Å². The smallest absolute Gasteiger partial charge is 0.272 e. The van der Waals surface area contributed by atoms with Gasteiger partial charge in [-0.3, -0.25) is 9.48 Å². The van der Waals surface area contributed by atoms with E-state index in [9.17, 15) is 4.79 Å². The summed E-state index contributed by atoms with van der Waals surface area (Å²) in [5, 5.41) is 5.03. The standard InChI is InChI=1S/C12H20BrN3O/c1-6-9-7-10(16(5)14-9)11(17)15(4)12(2,3)8-13/h7H,6,8H2,1-5H3. The van der Waals surface area contributed by atoms with Crippen LogP contribution in [0.4, 0.5) is 0 Å². The van der Waals surface area contributed by atoms with Gasteiger partial charge in [-0.05, 0) is 26.3 Å². The Morgan fingerprint density at radius 3 is 2.59 bits per heavy atom. The van der Waals surface area contributed by atoms with Gasteiger partial charge in [0.1, 0.15) is 5.69 Å². The fourth-order valence-electron chi connectivity index (χ4n) is 1.44. The molecule has 0 saturated carbocycles. The fraction of sp³-hybridized carbons (Fsp3) is 0.667. The summed E-state index contributed by atoms with van der Waals surface area (Å²) in [6.45, 7) is 6.08. The van der Waals surface area contributed by atoms with E-state index in [2.05, 4.69) is 21.0 Å². The molecule has 1 amide bonds. The van der Waals surface area contributed by atoms with E-state index in [1.54, 1.807) is 16.6 Å². The molecule has 1 heterocycles. The van der Waals surface area contributed by atoms with E-state index >= 15 is 0 Å². The van der Waals surface area contributed by atoms with Crippen LogP contribution in [-0.2, 0) is 13.5 Å². The summed E-state index contributed by atoms with van der Waals surface area (Å²) in [6, 6.07) is 1.86. The van der Waals surface area contributed by atoms with Crippen molar-refractivity contribution in [3.63, 3.8) is 0 Å². The lowest BCUT2D eigenvalue weighted by Crippen LogP contribution is -2.46. The molecule has 1 aromatic rings. The molecule has 1 rings (SSSR count). The third-order valence-corrected chi connectivity index (χ3v) is 4.42. The molecule has 0 radical (unpaired) electrons. The Bertz CT molecular complexity index is 412. The summed E-state index contributed by atoms with van der Waals surface area (Å²) in [5.74, 6) is 0.00384. The van der Waals surface area contributed by atoms with Crippen molar-refractivity contribution in [1.82, 2.24) is 14.7 Å². The molecular formula is C12H20BrN3O. The number of aromatic nitrogens is 2. The van der Waals surface area contributed by atoms with Crippen LogP contribution in [0.3, 0.4) is 0 Å². The molecule has 0 bridgehead atoms. The largest absolute Gasteiger partial charge is 0.334 e. The minimum absolute atomic E-state index is 0.00384. The second-order valence-electron chi connectivity index (χ2n) is 4.81. The number of carbonyl (C=O) groups is 1. The zero-order valence-corrected chi connectivity index (χ0v) is 12.7. The van der Waals surface area contributed by atoms with Crippen LogP contribution in [0.1, 0.15) is 37.0 Å². The average Bonchev–Trinajstić information content (AvgIpc) is 2.68. The van der Waals surface area contributed by atoms with E-state index in [0.717, 1.165) is 17.4 Å². The van der Waals surface area contributed by atoms with Crippen LogP contribution in [0.25, 0.3) is 0 Å². The number of alkyl halides is 1. The number of amides is 1. The highest BCUT2D eigenvalue weighted by Gasteiger charge is 2.28. The Hall–Kier alpha value is -0.840. The van der Waals surface area contributed by atoms with Gasteiger partial charge in [0.05, 0.1) is 5.69 Å². The maximum Gasteiger partial charge on any atom is 0.272 e. The number of hydrogen-bond acceptors (Lipinski definition) is 2. The molecule has 0 fully saturated rings. The van der Waals surface area contributed by atoms with Crippen molar-refractivity contribution in [3.8, 4) is 0 Å². The zero-order valence-electron chi connectivity index (χ0n) is 11.1. The normalized spacial score (nSPS) is 11.6.